The third-order valence-electron chi connectivity index (χ3n) is 2.62. The highest BCUT2D eigenvalue weighted by molar-refractivity contribution is 5.77. The molecule has 2 N–H and O–H groups in total. The van der Waals surface area contributed by atoms with Crippen LogP contribution in [-0.4, -0.2) is 36.9 Å². The number of halogens is 6. The number of hydrogen-bond donors (Lipinski definition) is 2. The van der Waals surface area contributed by atoms with Gasteiger partial charge in [0.05, 0.1) is 11.7 Å². The van der Waals surface area contributed by atoms with Crippen LogP contribution in [0.15, 0.2) is 24.3 Å². The van der Waals surface area contributed by atoms with Crippen LogP contribution in [0.25, 0.3) is 0 Å². The molecule has 0 saturated heterocycles. The molecular weight excluding hydrogens is 332 g/mol. The van der Waals surface area contributed by atoms with Crippen LogP contribution in [0.2, 0.25) is 0 Å². The Balaban J connectivity index is 2.55. The molecule has 1 atom stereocenters. The average Bonchev–Trinajstić information content (AvgIpc) is 2.42. The highest BCUT2D eigenvalue weighted by Crippen LogP contribution is 2.34. The van der Waals surface area contributed by atoms with Crippen molar-refractivity contribution in [3.63, 3.8) is 0 Å². The normalized spacial score (nSPS) is 13.7. The molecule has 0 radical (unpaired) electrons. The first-order chi connectivity index (χ1) is 10.5. The molecule has 0 aliphatic heterocycles. The summed E-state index contributed by atoms with van der Waals surface area (Å²) in [6, 6.07) is 4.23. The van der Waals surface area contributed by atoms with Crippen LogP contribution in [0.5, 0.6) is 0 Å². The second-order valence-electron chi connectivity index (χ2n) is 4.51. The SMILES string of the molecule is O=C(COCC(F)(F)F)NCC(O)c1ccccc1C(F)(F)F. The maximum Gasteiger partial charge on any atom is 0.416 e. The number of ether oxygens (including phenoxy) is 1. The number of carbonyl (C=O) groups excluding carboxylic acids is 1. The lowest BCUT2D eigenvalue weighted by Crippen LogP contribution is -2.33. The van der Waals surface area contributed by atoms with Gasteiger partial charge in [-0.2, -0.15) is 26.3 Å². The smallest absolute Gasteiger partial charge is 0.387 e. The molecule has 1 rings (SSSR count). The van der Waals surface area contributed by atoms with Crippen LogP contribution in [0.3, 0.4) is 0 Å². The Labute approximate surface area is 127 Å². The minimum Gasteiger partial charge on any atom is -0.387 e. The van der Waals surface area contributed by atoms with Crippen molar-refractivity contribution in [3.05, 3.63) is 35.4 Å². The molecule has 130 valence electrons. The van der Waals surface area contributed by atoms with Crippen molar-refractivity contribution in [2.24, 2.45) is 0 Å². The lowest BCUT2D eigenvalue weighted by molar-refractivity contribution is -0.175. The van der Waals surface area contributed by atoms with E-state index in [1.807, 2.05) is 5.32 Å². The van der Waals surface area contributed by atoms with E-state index in [2.05, 4.69) is 4.74 Å². The summed E-state index contributed by atoms with van der Waals surface area (Å²) in [5, 5.41) is 11.7. The van der Waals surface area contributed by atoms with E-state index in [0.717, 1.165) is 18.2 Å². The van der Waals surface area contributed by atoms with Crippen molar-refractivity contribution < 1.29 is 41.0 Å². The summed E-state index contributed by atoms with van der Waals surface area (Å²) in [6.45, 7) is -3.14. The molecular formula is C13H13F6NO3. The molecule has 0 spiro atoms. The van der Waals surface area contributed by atoms with Gasteiger partial charge in [-0.25, -0.2) is 0 Å². The molecule has 0 saturated carbocycles. The standard InChI is InChI=1S/C13H13F6NO3/c14-12(15,16)7-23-6-11(22)20-5-10(21)8-3-1-2-4-9(8)13(17,18)19/h1-4,10,21H,5-7H2,(H,20,22). The van der Waals surface area contributed by atoms with Crippen molar-refractivity contribution >= 4 is 5.91 Å². The van der Waals surface area contributed by atoms with Gasteiger partial charge in [-0.05, 0) is 11.6 Å². The number of carbonyl (C=O) groups is 1. The van der Waals surface area contributed by atoms with Crippen LogP contribution in [0, 0.1) is 0 Å². The molecule has 0 heterocycles. The number of nitrogens with one attached hydrogen (secondary N) is 1. The number of hydrogen-bond acceptors (Lipinski definition) is 3. The Morgan fingerprint density at radius 2 is 1.78 bits per heavy atom. The summed E-state index contributed by atoms with van der Waals surface area (Å²) in [5.41, 5.74) is -1.51. The average molecular weight is 345 g/mol. The van der Waals surface area contributed by atoms with Gasteiger partial charge < -0.3 is 15.2 Å². The third-order valence-corrected chi connectivity index (χ3v) is 2.62. The van der Waals surface area contributed by atoms with Crippen molar-refractivity contribution in [1.29, 1.82) is 0 Å². The molecule has 10 heteroatoms. The van der Waals surface area contributed by atoms with E-state index in [1.165, 1.54) is 6.07 Å². The van der Waals surface area contributed by atoms with Gasteiger partial charge in [-0.15, -0.1) is 0 Å². The number of rotatable bonds is 6. The molecule has 0 aromatic heterocycles. The summed E-state index contributed by atoms with van der Waals surface area (Å²) in [5.74, 6) is -0.988. The van der Waals surface area contributed by atoms with Crippen molar-refractivity contribution in [2.45, 2.75) is 18.5 Å². The minimum atomic E-state index is -4.68. The first-order valence-electron chi connectivity index (χ1n) is 6.26. The van der Waals surface area contributed by atoms with Crippen molar-refractivity contribution in [1.82, 2.24) is 5.32 Å². The van der Waals surface area contributed by atoms with E-state index in [0.29, 0.717) is 0 Å². The van der Waals surface area contributed by atoms with Crippen molar-refractivity contribution in [3.8, 4) is 0 Å². The second-order valence-corrected chi connectivity index (χ2v) is 4.51. The highest BCUT2D eigenvalue weighted by Gasteiger charge is 2.34. The molecule has 23 heavy (non-hydrogen) atoms. The highest BCUT2D eigenvalue weighted by atomic mass is 19.4. The van der Waals surface area contributed by atoms with Crippen LogP contribution < -0.4 is 5.32 Å². The summed E-state index contributed by atoms with van der Waals surface area (Å²) in [7, 11) is 0. The van der Waals surface area contributed by atoms with E-state index < -0.39 is 55.2 Å². The van der Waals surface area contributed by atoms with Crippen LogP contribution in [-0.2, 0) is 15.7 Å². The van der Waals surface area contributed by atoms with Gasteiger partial charge in [0, 0.05) is 6.54 Å². The van der Waals surface area contributed by atoms with Gasteiger partial charge in [-0.3, -0.25) is 4.79 Å². The lowest BCUT2D eigenvalue weighted by Gasteiger charge is -2.18. The summed E-state index contributed by atoms with van der Waals surface area (Å²) in [4.78, 5) is 11.2. The maximum atomic E-state index is 12.8. The molecule has 1 aromatic carbocycles. The number of alkyl halides is 6. The molecule has 4 nitrogen and oxygen atoms in total. The predicted octanol–water partition coefficient (Wildman–Crippen LogP) is 2.43. The Kier molecular flexibility index (Phi) is 6.39. The van der Waals surface area contributed by atoms with Gasteiger partial charge in [0.15, 0.2) is 0 Å². The molecule has 0 aliphatic carbocycles. The van der Waals surface area contributed by atoms with Gasteiger partial charge in [-0.1, -0.05) is 18.2 Å². The zero-order valence-corrected chi connectivity index (χ0v) is 11.5. The van der Waals surface area contributed by atoms with E-state index in [9.17, 15) is 36.2 Å². The quantitative estimate of drug-likeness (QED) is 0.779. The van der Waals surface area contributed by atoms with E-state index in [1.54, 1.807) is 0 Å². The summed E-state index contributed by atoms with van der Waals surface area (Å²) >= 11 is 0. The monoisotopic (exact) mass is 345 g/mol. The van der Waals surface area contributed by atoms with E-state index >= 15 is 0 Å². The topological polar surface area (TPSA) is 58.6 Å². The first kappa shape index (κ1) is 19.2. The molecule has 1 aromatic rings. The van der Waals surface area contributed by atoms with Gasteiger partial charge in [0.1, 0.15) is 13.2 Å². The fourth-order valence-corrected chi connectivity index (χ4v) is 1.68. The fourth-order valence-electron chi connectivity index (χ4n) is 1.68. The van der Waals surface area contributed by atoms with Crippen molar-refractivity contribution in [2.75, 3.05) is 19.8 Å². The third kappa shape index (κ3) is 6.87. The minimum absolute atomic E-state index is 0.448. The molecule has 0 fully saturated rings. The molecule has 0 bridgehead atoms. The number of aliphatic hydroxyl groups excluding tert-OH is 1. The number of amides is 1. The lowest BCUT2D eigenvalue weighted by atomic mass is 10.0. The Morgan fingerprint density at radius 3 is 2.35 bits per heavy atom. The molecule has 1 unspecified atom stereocenters. The second kappa shape index (κ2) is 7.64. The first-order valence-corrected chi connectivity index (χ1v) is 6.26. The largest absolute Gasteiger partial charge is 0.416 e. The summed E-state index contributed by atoms with van der Waals surface area (Å²) < 4.78 is 77.7. The van der Waals surface area contributed by atoms with Crippen LogP contribution in [0.1, 0.15) is 17.2 Å². The zero-order chi connectivity index (χ0) is 17.7. The van der Waals surface area contributed by atoms with E-state index in [-0.39, 0.29) is 0 Å². The van der Waals surface area contributed by atoms with Crippen LogP contribution >= 0.6 is 0 Å². The van der Waals surface area contributed by atoms with E-state index in [4.69, 9.17) is 0 Å². The Morgan fingerprint density at radius 1 is 1.17 bits per heavy atom. The Bertz CT molecular complexity index is 529. The maximum absolute atomic E-state index is 12.8. The zero-order valence-electron chi connectivity index (χ0n) is 11.5. The molecule has 1 amide bonds. The van der Waals surface area contributed by atoms with Crippen LogP contribution in [0.4, 0.5) is 26.3 Å². The predicted molar refractivity (Wildman–Crippen MR) is 66.3 cm³/mol. The number of aliphatic hydroxyl groups is 1. The summed E-state index contributed by atoms with van der Waals surface area (Å²) in [6.07, 6.45) is -10.9. The van der Waals surface area contributed by atoms with Gasteiger partial charge in [0.2, 0.25) is 5.91 Å². The van der Waals surface area contributed by atoms with Gasteiger partial charge >= 0.3 is 12.4 Å². The number of benzene rings is 1. The fraction of sp³-hybridized carbons (Fsp3) is 0.462. The Hall–Kier alpha value is -1.81. The molecule has 0 aliphatic rings. The van der Waals surface area contributed by atoms with Gasteiger partial charge in [0.25, 0.3) is 0 Å².